The van der Waals surface area contributed by atoms with E-state index in [-0.39, 0.29) is 6.04 Å². The van der Waals surface area contributed by atoms with Crippen molar-refractivity contribution in [1.29, 1.82) is 0 Å². The fourth-order valence-electron chi connectivity index (χ4n) is 4.01. The number of nitrogens with one attached hydrogen (secondary N) is 1. The number of quaternary nitrogens is 1. The first-order chi connectivity index (χ1) is 13.7. The van der Waals surface area contributed by atoms with Crippen LogP contribution in [-0.2, 0) is 11.3 Å². The molecular formula is C19H28N7OS+. The molecule has 8 nitrogen and oxygen atoms in total. The number of aromatic nitrogens is 5. The molecule has 3 aromatic rings. The molecule has 28 heavy (non-hydrogen) atoms. The van der Waals surface area contributed by atoms with E-state index in [1.165, 1.54) is 4.70 Å². The summed E-state index contributed by atoms with van der Waals surface area (Å²) in [6.45, 7) is 9.92. The zero-order chi connectivity index (χ0) is 19.5. The number of fused-ring (bicyclic) bond motifs is 1. The number of hydrogen-bond acceptors (Lipinski definition) is 7. The molecule has 1 fully saturated rings. The van der Waals surface area contributed by atoms with Crippen LogP contribution >= 0.6 is 11.3 Å². The lowest BCUT2D eigenvalue weighted by molar-refractivity contribution is -0.937. The number of hydrogen-bond donors (Lipinski definition) is 1. The van der Waals surface area contributed by atoms with Crippen molar-refractivity contribution < 1.29 is 9.64 Å². The van der Waals surface area contributed by atoms with Crippen molar-refractivity contribution in [2.75, 3.05) is 44.8 Å². The van der Waals surface area contributed by atoms with Crippen LogP contribution in [-0.4, -0.2) is 65.1 Å². The van der Waals surface area contributed by atoms with Gasteiger partial charge in [0.25, 0.3) is 0 Å². The highest BCUT2D eigenvalue weighted by Crippen LogP contribution is 2.28. The molecule has 1 N–H and O–H groups in total. The van der Waals surface area contributed by atoms with Gasteiger partial charge in [-0.25, -0.2) is 9.67 Å². The number of nitrogens with zero attached hydrogens (tertiary/aromatic N) is 6. The summed E-state index contributed by atoms with van der Waals surface area (Å²) >= 11 is 1.78. The summed E-state index contributed by atoms with van der Waals surface area (Å²) in [5.41, 5.74) is 1.09. The van der Waals surface area contributed by atoms with Gasteiger partial charge in [-0.3, -0.25) is 0 Å². The Kier molecular flexibility index (Phi) is 5.84. The minimum absolute atomic E-state index is 0.282. The third-order valence-corrected chi connectivity index (χ3v) is 6.51. The highest BCUT2D eigenvalue weighted by molar-refractivity contribution is 7.22. The van der Waals surface area contributed by atoms with E-state index in [9.17, 15) is 0 Å². The molecule has 0 radical (unpaired) electrons. The number of benzene rings is 1. The molecular weight excluding hydrogens is 374 g/mol. The molecule has 1 aliphatic rings. The summed E-state index contributed by atoms with van der Waals surface area (Å²) in [5.74, 6) is 1.42. The summed E-state index contributed by atoms with van der Waals surface area (Å²) in [5, 5.41) is 13.6. The average molecular weight is 403 g/mol. The normalized spacial score (nSPS) is 16.9. The molecule has 0 amide bonds. The number of rotatable bonds is 7. The quantitative estimate of drug-likeness (QED) is 0.636. The number of piperazine rings is 1. The van der Waals surface area contributed by atoms with Gasteiger partial charge in [0.15, 0.2) is 11.2 Å². The Morgan fingerprint density at radius 1 is 1.21 bits per heavy atom. The summed E-state index contributed by atoms with van der Waals surface area (Å²) in [6, 6.07) is 8.64. The topological polar surface area (TPSA) is 73.4 Å². The SMILES string of the molecule is COCCn1nnnc1[C@H](C(C)C)[NH+]1CCN(c2nc3ccccc3s2)CC1. The van der Waals surface area contributed by atoms with E-state index < -0.39 is 0 Å². The van der Waals surface area contributed by atoms with Crippen molar-refractivity contribution in [3.8, 4) is 0 Å². The number of anilines is 1. The van der Waals surface area contributed by atoms with Gasteiger partial charge in [0.1, 0.15) is 0 Å². The van der Waals surface area contributed by atoms with E-state index in [0.717, 1.165) is 42.7 Å². The summed E-state index contributed by atoms with van der Waals surface area (Å²) in [6.07, 6.45) is 0. The maximum Gasteiger partial charge on any atom is 0.209 e. The van der Waals surface area contributed by atoms with Crippen molar-refractivity contribution in [2.45, 2.75) is 26.4 Å². The number of methoxy groups -OCH3 is 1. The van der Waals surface area contributed by atoms with Gasteiger partial charge in [-0.2, -0.15) is 0 Å². The first kappa shape index (κ1) is 19.2. The van der Waals surface area contributed by atoms with Crippen molar-refractivity contribution in [3.63, 3.8) is 0 Å². The molecule has 4 rings (SSSR count). The van der Waals surface area contributed by atoms with Crippen LogP contribution < -0.4 is 9.80 Å². The molecule has 0 aliphatic carbocycles. The molecule has 0 bridgehead atoms. The van der Waals surface area contributed by atoms with Crippen LogP contribution in [0.2, 0.25) is 0 Å². The lowest BCUT2D eigenvalue weighted by Crippen LogP contribution is -3.15. The molecule has 0 unspecified atom stereocenters. The highest BCUT2D eigenvalue weighted by Gasteiger charge is 2.35. The van der Waals surface area contributed by atoms with Crippen LogP contribution in [0.1, 0.15) is 25.7 Å². The summed E-state index contributed by atoms with van der Waals surface area (Å²) in [4.78, 5) is 8.78. The fourth-order valence-corrected chi connectivity index (χ4v) is 5.03. The van der Waals surface area contributed by atoms with E-state index >= 15 is 0 Å². The Morgan fingerprint density at radius 2 is 2.00 bits per heavy atom. The van der Waals surface area contributed by atoms with E-state index in [2.05, 4.69) is 58.5 Å². The van der Waals surface area contributed by atoms with Gasteiger partial charge >= 0.3 is 0 Å². The van der Waals surface area contributed by atoms with Gasteiger partial charge in [0, 0.05) is 13.0 Å². The zero-order valence-corrected chi connectivity index (χ0v) is 17.5. The van der Waals surface area contributed by atoms with Crippen LogP contribution in [0.4, 0.5) is 5.13 Å². The summed E-state index contributed by atoms with van der Waals surface area (Å²) in [7, 11) is 1.70. The predicted molar refractivity (Wildman–Crippen MR) is 110 cm³/mol. The third-order valence-electron chi connectivity index (χ3n) is 5.41. The zero-order valence-electron chi connectivity index (χ0n) is 16.7. The Morgan fingerprint density at radius 3 is 2.71 bits per heavy atom. The van der Waals surface area contributed by atoms with Crippen molar-refractivity contribution in [3.05, 3.63) is 30.1 Å². The molecule has 0 saturated carbocycles. The maximum absolute atomic E-state index is 5.21. The van der Waals surface area contributed by atoms with Gasteiger partial charge in [0.05, 0.1) is 49.5 Å². The van der Waals surface area contributed by atoms with E-state index in [4.69, 9.17) is 9.72 Å². The van der Waals surface area contributed by atoms with Crippen LogP contribution in [0.25, 0.3) is 10.2 Å². The molecule has 9 heteroatoms. The first-order valence-corrected chi connectivity index (χ1v) is 10.7. The number of ether oxygens (including phenoxy) is 1. The second-order valence-electron chi connectivity index (χ2n) is 7.58. The van der Waals surface area contributed by atoms with Gasteiger partial charge in [-0.1, -0.05) is 37.3 Å². The van der Waals surface area contributed by atoms with Crippen LogP contribution in [0.15, 0.2) is 24.3 Å². The Balaban J connectivity index is 1.47. The maximum atomic E-state index is 5.21. The number of para-hydroxylation sites is 1. The monoisotopic (exact) mass is 402 g/mol. The Labute approximate surface area is 169 Å². The highest BCUT2D eigenvalue weighted by atomic mass is 32.1. The molecule has 1 saturated heterocycles. The van der Waals surface area contributed by atoms with Crippen molar-refractivity contribution in [2.24, 2.45) is 5.92 Å². The van der Waals surface area contributed by atoms with Gasteiger partial charge < -0.3 is 14.5 Å². The molecule has 3 heterocycles. The van der Waals surface area contributed by atoms with Crippen LogP contribution in [0.3, 0.4) is 0 Å². The minimum Gasteiger partial charge on any atom is -0.383 e. The summed E-state index contributed by atoms with van der Waals surface area (Å²) < 4.78 is 8.37. The lowest BCUT2D eigenvalue weighted by Gasteiger charge is -2.37. The molecule has 0 spiro atoms. The van der Waals surface area contributed by atoms with Gasteiger partial charge in [0.2, 0.25) is 5.82 Å². The predicted octanol–water partition coefficient (Wildman–Crippen LogP) is 1.03. The Bertz CT molecular complexity index is 867. The molecule has 1 aromatic carbocycles. The van der Waals surface area contributed by atoms with Gasteiger partial charge in [-0.15, -0.1) is 5.10 Å². The Hall–Kier alpha value is -2.10. The fraction of sp³-hybridized carbons (Fsp3) is 0.579. The van der Waals surface area contributed by atoms with Crippen molar-refractivity contribution >= 4 is 26.7 Å². The minimum atomic E-state index is 0.282. The smallest absolute Gasteiger partial charge is 0.209 e. The standard InChI is InChI=1S/C19H27N7OS/c1-14(2)17(18-21-22-23-26(18)12-13-27-3)24-8-10-25(11-9-24)19-20-15-6-4-5-7-16(15)28-19/h4-7,14,17H,8-13H2,1-3H3/p+1/t17-/m0/s1. The van der Waals surface area contributed by atoms with E-state index in [0.29, 0.717) is 19.1 Å². The number of tetrazole rings is 1. The first-order valence-electron chi connectivity index (χ1n) is 9.87. The molecule has 2 aromatic heterocycles. The second-order valence-corrected chi connectivity index (χ2v) is 8.59. The molecule has 1 aliphatic heterocycles. The molecule has 1 atom stereocenters. The van der Waals surface area contributed by atoms with Crippen LogP contribution in [0.5, 0.6) is 0 Å². The number of thiazole rings is 1. The molecule has 150 valence electrons. The van der Waals surface area contributed by atoms with Crippen LogP contribution in [0, 0.1) is 5.92 Å². The van der Waals surface area contributed by atoms with E-state index in [1.807, 2.05) is 4.68 Å². The van der Waals surface area contributed by atoms with E-state index in [1.54, 1.807) is 23.3 Å². The van der Waals surface area contributed by atoms with Gasteiger partial charge in [-0.05, 0) is 22.6 Å². The second kappa shape index (κ2) is 8.50. The largest absolute Gasteiger partial charge is 0.383 e. The van der Waals surface area contributed by atoms with Crippen molar-refractivity contribution in [1.82, 2.24) is 25.2 Å². The average Bonchev–Trinajstić information content (AvgIpc) is 3.33. The lowest BCUT2D eigenvalue weighted by atomic mass is 10.0. The third kappa shape index (κ3) is 3.87.